The van der Waals surface area contributed by atoms with Crippen molar-refractivity contribution in [3.63, 3.8) is 0 Å². The first-order valence-electron chi connectivity index (χ1n) is 7.53. The molecular weight excluding hydrogens is 327 g/mol. The van der Waals surface area contributed by atoms with Crippen molar-refractivity contribution in [2.45, 2.75) is 6.42 Å². The van der Waals surface area contributed by atoms with Crippen molar-refractivity contribution in [2.75, 3.05) is 20.7 Å². The van der Waals surface area contributed by atoms with Gasteiger partial charge in [0.25, 0.3) is 11.9 Å². The molecule has 0 spiro atoms. The zero-order valence-corrected chi connectivity index (χ0v) is 14.0. The molecule has 132 valence electrons. The highest BCUT2D eigenvalue weighted by Crippen LogP contribution is 2.23. The normalized spacial score (nSPS) is 11.1. The fraction of sp³-hybridized carbons (Fsp3) is 0.235. The molecule has 2 aromatic rings. The molecule has 0 fully saturated rings. The number of rotatable bonds is 6. The highest BCUT2D eigenvalue weighted by Gasteiger charge is 2.09. The molecule has 1 aromatic carbocycles. The molecule has 1 heterocycles. The van der Waals surface area contributed by atoms with Crippen molar-refractivity contribution in [2.24, 2.45) is 10.7 Å². The van der Waals surface area contributed by atoms with Crippen LogP contribution in [0.15, 0.2) is 41.5 Å². The minimum absolute atomic E-state index is 0.0445. The van der Waals surface area contributed by atoms with Crippen molar-refractivity contribution in [3.8, 4) is 11.6 Å². The highest BCUT2D eigenvalue weighted by molar-refractivity contribution is 5.94. The van der Waals surface area contributed by atoms with E-state index in [9.17, 15) is 9.18 Å². The number of halogens is 1. The second kappa shape index (κ2) is 8.62. The Kier molecular flexibility index (Phi) is 6.27. The summed E-state index contributed by atoms with van der Waals surface area (Å²) in [5, 5.41) is 2.52. The average Bonchev–Trinajstić information content (AvgIpc) is 2.63. The summed E-state index contributed by atoms with van der Waals surface area (Å²) in [5.41, 5.74) is 6.25. The lowest BCUT2D eigenvalue weighted by Crippen LogP contribution is -2.17. The number of carbonyl (C=O) groups is 1. The monoisotopic (exact) mass is 346 g/mol. The van der Waals surface area contributed by atoms with Crippen LogP contribution in [0, 0.1) is 5.82 Å². The van der Waals surface area contributed by atoms with Gasteiger partial charge >= 0.3 is 0 Å². The quantitative estimate of drug-likeness (QED) is 0.615. The van der Waals surface area contributed by atoms with Crippen LogP contribution in [0.2, 0.25) is 0 Å². The molecule has 0 aliphatic heterocycles. The number of nitrogens with two attached hydrogens (primary N) is 1. The fourth-order valence-electron chi connectivity index (χ4n) is 2.01. The molecule has 1 amide bonds. The number of nitrogens with zero attached hydrogens (tertiary/aromatic N) is 2. The number of aliphatic imine (C=N–C) groups is 1. The molecule has 0 saturated carbocycles. The van der Waals surface area contributed by atoms with Gasteiger partial charge in [0.05, 0.1) is 6.61 Å². The summed E-state index contributed by atoms with van der Waals surface area (Å²) in [5.74, 6) is 0.00163. The Balaban J connectivity index is 2.10. The van der Waals surface area contributed by atoms with Gasteiger partial charge in [0.15, 0.2) is 0 Å². The van der Waals surface area contributed by atoms with E-state index in [1.807, 2.05) is 0 Å². The predicted molar refractivity (Wildman–Crippen MR) is 91.3 cm³/mol. The summed E-state index contributed by atoms with van der Waals surface area (Å²) < 4.78 is 24.6. The number of benzene rings is 1. The number of amidine groups is 1. The molecular formula is C17H19FN4O3. The van der Waals surface area contributed by atoms with Gasteiger partial charge in [-0.25, -0.2) is 14.4 Å². The molecule has 25 heavy (non-hydrogen) atoms. The van der Waals surface area contributed by atoms with Gasteiger partial charge in [0.1, 0.15) is 11.6 Å². The maximum Gasteiger partial charge on any atom is 0.281 e. The largest absolute Gasteiger partial charge is 0.465 e. The maximum atomic E-state index is 13.9. The minimum atomic E-state index is -0.380. The standard InChI is InChI=1S/C17H19FN4O3/c1-20-16(23)12-5-7-22-15(10-12)25-13-3-4-14(18)11(9-13)6-8-24-17(19)21-2/h3-5,7,9-10H,6,8H2,1-2H3,(H2,19,21)(H,20,23). The number of nitrogens with one attached hydrogen (secondary N) is 1. The van der Waals surface area contributed by atoms with E-state index in [1.54, 1.807) is 12.1 Å². The van der Waals surface area contributed by atoms with Crippen LogP contribution in [0.25, 0.3) is 0 Å². The molecule has 0 saturated heterocycles. The zero-order valence-electron chi connectivity index (χ0n) is 14.0. The Hall–Kier alpha value is -3.16. The second-order valence-electron chi connectivity index (χ2n) is 4.98. The number of amides is 1. The number of pyridine rings is 1. The summed E-state index contributed by atoms with van der Waals surface area (Å²) in [7, 11) is 3.04. The van der Waals surface area contributed by atoms with Crippen LogP contribution < -0.4 is 15.8 Å². The summed E-state index contributed by atoms with van der Waals surface area (Å²) in [6.07, 6.45) is 1.76. The lowest BCUT2D eigenvalue weighted by Gasteiger charge is -2.09. The van der Waals surface area contributed by atoms with Crippen LogP contribution in [-0.4, -0.2) is 37.6 Å². The lowest BCUT2D eigenvalue weighted by molar-refractivity contribution is 0.0962. The molecule has 7 nitrogen and oxygen atoms in total. The Morgan fingerprint density at radius 1 is 1.36 bits per heavy atom. The number of ether oxygens (including phenoxy) is 2. The van der Waals surface area contributed by atoms with E-state index in [0.29, 0.717) is 23.3 Å². The van der Waals surface area contributed by atoms with Crippen LogP contribution in [-0.2, 0) is 11.2 Å². The van der Waals surface area contributed by atoms with E-state index in [4.69, 9.17) is 15.2 Å². The number of carbonyl (C=O) groups excluding carboxylic acids is 1. The molecule has 0 bridgehead atoms. The van der Waals surface area contributed by atoms with Gasteiger partial charge in [0.2, 0.25) is 5.88 Å². The third-order valence-electron chi connectivity index (χ3n) is 3.31. The van der Waals surface area contributed by atoms with Crippen molar-refractivity contribution in [1.82, 2.24) is 10.3 Å². The summed E-state index contributed by atoms with van der Waals surface area (Å²) >= 11 is 0. The number of aromatic nitrogens is 1. The van der Waals surface area contributed by atoms with Gasteiger partial charge in [-0.2, -0.15) is 0 Å². The minimum Gasteiger partial charge on any atom is -0.465 e. The van der Waals surface area contributed by atoms with Gasteiger partial charge in [0, 0.05) is 38.3 Å². The molecule has 0 unspecified atom stereocenters. The van der Waals surface area contributed by atoms with Gasteiger partial charge in [-0.15, -0.1) is 0 Å². The third-order valence-corrected chi connectivity index (χ3v) is 3.31. The van der Waals surface area contributed by atoms with Crippen molar-refractivity contribution < 1.29 is 18.7 Å². The molecule has 0 atom stereocenters. The first kappa shape index (κ1) is 18.2. The van der Waals surface area contributed by atoms with Crippen LogP contribution in [0.1, 0.15) is 15.9 Å². The predicted octanol–water partition coefficient (Wildman–Crippen LogP) is 1.88. The third kappa shape index (κ3) is 5.17. The first-order valence-corrected chi connectivity index (χ1v) is 7.53. The summed E-state index contributed by atoms with van der Waals surface area (Å²) in [6, 6.07) is 7.44. The Morgan fingerprint density at radius 3 is 2.88 bits per heavy atom. The van der Waals surface area contributed by atoms with E-state index < -0.39 is 0 Å². The van der Waals surface area contributed by atoms with Gasteiger partial charge in [-0.05, 0) is 29.8 Å². The molecule has 0 aliphatic carbocycles. The molecule has 1 aromatic heterocycles. The van der Waals surface area contributed by atoms with E-state index in [1.165, 1.54) is 38.5 Å². The fourth-order valence-corrected chi connectivity index (χ4v) is 2.01. The molecule has 2 rings (SSSR count). The van der Waals surface area contributed by atoms with Crippen molar-refractivity contribution in [1.29, 1.82) is 0 Å². The van der Waals surface area contributed by atoms with Gasteiger partial charge < -0.3 is 20.5 Å². The smallest absolute Gasteiger partial charge is 0.281 e. The average molecular weight is 346 g/mol. The van der Waals surface area contributed by atoms with E-state index in [-0.39, 0.29) is 30.2 Å². The van der Waals surface area contributed by atoms with E-state index in [0.717, 1.165) is 0 Å². The zero-order chi connectivity index (χ0) is 18.2. The topological polar surface area (TPSA) is 98.8 Å². The highest BCUT2D eigenvalue weighted by atomic mass is 19.1. The summed E-state index contributed by atoms with van der Waals surface area (Å²) in [4.78, 5) is 19.3. The Bertz CT molecular complexity index is 780. The SMILES string of the molecule is CN=C(N)OCCc1cc(Oc2cc(C(=O)NC)ccn2)ccc1F. The Labute approximate surface area is 144 Å². The number of hydrogen-bond donors (Lipinski definition) is 2. The van der Waals surface area contributed by atoms with Crippen LogP contribution in [0.4, 0.5) is 4.39 Å². The molecule has 0 aliphatic rings. The first-order chi connectivity index (χ1) is 12.0. The number of hydrogen-bond acceptors (Lipinski definition) is 5. The molecule has 0 radical (unpaired) electrons. The van der Waals surface area contributed by atoms with Crippen LogP contribution in [0.3, 0.4) is 0 Å². The van der Waals surface area contributed by atoms with Crippen molar-refractivity contribution in [3.05, 3.63) is 53.5 Å². The van der Waals surface area contributed by atoms with E-state index >= 15 is 0 Å². The van der Waals surface area contributed by atoms with Crippen LogP contribution >= 0.6 is 0 Å². The van der Waals surface area contributed by atoms with Crippen molar-refractivity contribution >= 4 is 11.9 Å². The van der Waals surface area contributed by atoms with Crippen LogP contribution in [0.5, 0.6) is 11.6 Å². The van der Waals surface area contributed by atoms with Gasteiger partial charge in [-0.1, -0.05) is 0 Å². The maximum absolute atomic E-state index is 13.9. The molecule has 8 heteroatoms. The molecule has 3 N–H and O–H groups in total. The van der Waals surface area contributed by atoms with Gasteiger partial charge in [-0.3, -0.25) is 4.79 Å². The second-order valence-corrected chi connectivity index (χ2v) is 4.98. The van der Waals surface area contributed by atoms with E-state index in [2.05, 4.69) is 15.3 Å². The Morgan fingerprint density at radius 2 is 2.16 bits per heavy atom. The summed E-state index contributed by atoms with van der Waals surface area (Å²) in [6.45, 7) is 0.188. The lowest BCUT2D eigenvalue weighted by atomic mass is 10.1.